The maximum Gasteiger partial charge on any atom is 0.315 e. The van der Waals surface area contributed by atoms with Gasteiger partial charge in [0.05, 0.1) is 12.5 Å². The van der Waals surface area contributed by atoms with Gasteiger partial charge in [-0.25, -0.2) is 4.79 Å². The van der Waals surface area contributed by atoms with E-state index >= 15 is 0 Å². The average molecular weight is 266 g/mol. The third-order valence-electron chi connectivity index (χ3n) is 2.52. The predicted octanol–water partition coefficient (Wildman–Crippen LogP) is 0.975. The molecule has 0 saturated heterocycles. The molecular formula is C13H18N2O4. The molecule has 0 aromatic heterocycles. The number of hydrogen-bond acceptors (Lipinski definition) is 3. The number of ether oxygens (including phenoxy) is 1. The second kappa shape index (κ2) is 8.10. The van der Waals surface area contributed by atoms with Crippen LogP contribution in [0.25, 0.3) is 0 Å². The van der Waals surface area contributed by atoms with E-state index in [4.69, 9.17) is 9.84 Å². The quantitative estimate of drug-likeness (QED) is 0.686. The lowest BCUT2D eigenvalue weighted by atomic mass is 10.2. The molecule has 0 aliphatic carbocycles. The van der Waals surface area contributed by atoms with Gasteiger partial charge in [0.15, 0.2) is 0 Å². The summed E-state index contributed by atoms with van der Waals surface area (Å²) in [5.41, 5.74) is 0.992. The number of amides is 2. The van der Waals surface area contributed by atoms with E-state index in [2.05, 4.69) is 10.6 Å². The Morgan fingerprint density at radius 3 is 2.53 bits per heavy atom. The van der Waals surface area contributed by atoms with Crippen molar-refractivity contribution >= 4 is 12.0 Å². The van der Waals surface area contributed by atoms with Crippen LogP contribution in [0.15, 0.2) is 30.3 Å². The Hall–Kier alpha value is -2.08. The number of carboxylic acids is 1. The number of aliphatic carboxylic acids is 1. The van der Waals surface area contributed by atoms with Crippen molar-refractivity contribution in [2.24, 2.45) is 0 Å². The van der Waals surface area contributed by atoms with Gasteiger partial charge in [-0.3, -0.25) is 4.79 Å². The molecule has 3 N–H and O–H groups in total. The van der Waals surface area contributed by atoms with Gasteiger partial charge < -0.3 is 20.5 Å². The Morgan fingerprint density at radius 1 is 1.26 bits per heavy atom. The van der Waals surface area contributed by atoms with Crippen LogP contribution in [0, 0.1) is 0 Å². The van der Waals surface area contributed by atoms with Crippen molar-refractivity contribution in [3.8, 4) is 0 Å². The van der Waals surface area contributed by atoms with Gasteiger partial charge in [-0.05, 0) is 5.56 Å². The number of hydrogen-bond donors (Lipinski definition) is 3. The fourth-order valence-corrected chi connectivity index (χ4v) is 1.48. The first-order valence-electron chi connectivity index (χ1n) is 5.92. The van der Waals surface area contributed by atoms with Crippen molar-refractivity contribution < 1.29 is 19.4 Å². The molecule has 2 amide bonds. The van der Waals surface area contributed by atoms with Gasteiger partial charge in [0.1, 0.15) is 0 Å². The van der Waals surface area contributed by atoms with Gasteiger partial charge in [-0.1, -0.05) is 30.3 Å². The Labute approximate surface area is 111 Å². The van der Waals surface area contributed by atoms with Crippen LogP contribution in [0.5, 0.6) is 0 Å². The lowest BCUT2D eigenvalue weighted by molar-refractivity contribution is -0.139. The number of methoxy groups -OCH3 is 1. The Bertz CT molecular complexity index is 408. The van der Waals surface area contributed by atoms with Gasteiger partial charge >= 0.3 is 12.0 Å². The van der Waals surface area contributed by atoms with Crippen LogP contribution in [0.4, 0.5) is 4.79 Å². The number of urea groups is 1. The second-order valence-corrected chi connectivity index (χ2v) is 4.00. The Balaban J connectivity index is 2.25. The number of rotatable bonds is 7. The highest BCUT2D eigenvalue weighted by Crippen LogP contribution is 1.97. The molecule has 1 rings (SSSR count). The summed E-state index contributed by atoms with van der Waals surface area (Å²) in [6.45, 7) is 0.576. The van der Waals surface area contributed by atoms with E-state index in [1.807, 2.05) is 30.3 Å². The summed E-state index contributed by atoms with van der Waals surface area (Å²) in [4.78, 5) is 22.0. The van der Waals surface area contributed by atoms with E-state index in [9.17, 15) is 9.59 Å². The molecule has 0 heterocycles. The first-order valence-corrected chi connectivity index (χ1v) is 5.92. The van der Waals surface area contributed by atoms with E-state index in [1.165, 1.54) is 7.11 Å². The average Bonchev–Trinajstić information content (AvgIpc) is 2.42. The number of benzene rings is 1. The highest BCUT2D eigenvalue weighted by Gasteiger charge is 2.13. The Morgan fingerprint density at radius 2 is 1.95 bits per heavy atom. The fraction of sp³-hybridized carbons (Fsp3) is 0.385. The van der Waals surface area contributed by atoms with E-state index in [0.29, 0.717) is 6.54 Å². The minimum Gasteiger partial charge on any atom is -0.481 e. The van der Waals surface area contributed by atoms with Crippen LogP contribution in [0.2, 0.25) is 0 Å². The molecule has 6 heteroatoms. The number of carbonyl (C=O) groups is 2. The molecule has 0 spiro atoms. The predicted molar refractivity (Wildman–Crippen MR) is 69.7 cm³/mol. The van der Waals surface area contributed by atoms with Crippen molar-refractivity contribution in [3.05, 3.63) is 35.9 Å². The van der Waals surface area contributed by atoms with Crippen LogP contribution in [0.3, 0.4) is 0 Å². The van der Waals surface area contributed by atoms with Gasteiger partial charge in [-0.15, -0.1) is 0 Å². The summed E-state index contributed by atoms with van der Waals surface area (Å²) in [6.07, 6.45) is -0.671. The standard InChI is InChI=1S/C13H18N2O4/c1-19-11(7-12(16)17)9-15-13(18)14-8-10-5-3-2-4-6-10/h2-6,11H,7-9H2,1H3,(H,16,17)(H2,14,15,18). The van der Waals surface area contributed by atoms with Crippen LogP contribution >= 0.6 is 0 Å². The van der Waals surface area contributed by atoms with Crippen LogP contribution in [0.1, 0.15) is 12.0 Å². The summed E-state index contributed by atoms with van der Waals surface area (Å²) in [7, 11) is 1.41. The molecule has 6 nitrogen and oxygen atoms in total. The molecule has 1 atom stereocenters. The first-order chi connectivity index (χ1) is 9.11. The molecule has 0 fully saturated rings. The van der Waals surface area contributed by atoms with E-state index in [1.54, 1.807) is 0 Å². The molecule has 104 valence electrons. The fourth-order valence-electron chi connectivity index (χ4n) is 1.48. The zero-order chi connectivity index (χ0) is 14.1. The van der Waals surface area contributed by atoms with Crippen LogP contribution < -0.4 is 10.6 Å². The van der Waals surface area contributed by atoms with Crippen molar-refractivity contribution in [2.45, 2.75) is 19.1 Å². The molecule has 0 aliphatic heterocycles. The smallest absolute Gasteiger partial charge is 0.315 e. The van der Waals surface area contributed by atoms with Crippen LogP contribution in [-0.2, 0) is 16.1 Å². The van der Waals surface area contributed by atoms with Crippen molar-refractivity contribution in [3.63, 3.8) is 0 Å². The molecule has 0 radical (unpaired) electrons. The minimum absolute atomic E-state index is 0.143. The minimum atomic E-state index is -0.960. The molecule has 0 saturated carbocycles. The summed E-state index contributed by atoms with van der Waals surface area (Å²) in [6, 6.07) is 9.14. The zero-order valence-corrected chi connectivity index (χ0v) is 10.8. The highest BCUT2D eigenvalue weighted by molar-refractivity contribution is 5.74. The first kappa shape index (κ1) is 15.0. The topological polar surface area (TPSA) is 87.7 Å². The number of nitrogens with one attached hydrogen (secondary N) is 2. The zero-order valence-electron chi connectivity index (χ0n) is 10.8. The van der Waals surface area contributed by atoms with Gasteiger partial charge in [0.2, 0.25) is 0 Å². The summed E-state index contributed by atoms with van der Waals surface area (Å²) in [5, 5.41) is 13.9. The van der Waals surface area contributed by atoms with Crippen molar-refractivity contribution in [2.75, 3.05) is 13.7 Å². The molecular weight excluding hydrogens is 248 g/mol. The van der Waals surface area contributed by atoms with Crippen molar-refractivity contribution in [1.29, 1.82) is 0 Å². The monoisotopic (exact) mass is 266 g/mol. The van der Waals surface area contributed by atoms with E-state index in [-0.39, 0.29) is 19.0 Å². The number of carbonyl (C=O) groups excluding carboxylic acids is 1. The molecule has 0 bridgehead atoms. The third-order valence-corrected chi connectivity index (χ3v) is 2.52. The van der Waals surface area contributed by atoms with Gasteiger partial charge in [0.25, 0.3) is 0 Å². The largest absolute Gasteiger partial charge is 0.481 e. The second-order valence-electron chi connectivity index (χ2n) is 4.00. The van der Waals surface area contributed by atoms with Crippen molar-refractivity contribution in [1.82, 2.24) is 10.6 Å². The molecule has 1 aromatic carbocycles. The molecule has 1 unspecified atom stereocenters. The normalized spacial score (nSPS) is 11.6. The summed E-state index contributed by atoms with van der Waals surface area (Å²) in [5.74, 6) is -0.960. The van der Waals surface area contributed by atoms with E-state index in [0.717, 1.165) is 5.56 Å². The SMILES string of the molecule is COC(CNC(=O)NCc1ccccc1)CC(=O)O. The van der Waals surface area contributed by atoms with E-state index < -0.39 is 12.1 Å². The maximum absolute atomic E-state index is 11.5. The van der Waals surface area contributed by atoms with Crippen LogP contribution in [-0.4, -0.2) is 36.9 Å². The molecule has 0 aliphatic rings. The summed E-state index contributed by atoms with van der Waals surface area (Å²) < 4.78 is 4.95. The number of carboxylic acid groups (broad SMARTS) is 1. The summed E-state index contributed by atoms with van der Waals surface area (Å²) >= 11 is 0. The Kier molecular flexibility index (Phi) is 6.38. The molecule has 1 aromatic rings. The maximum atomic E-state index is 11.5. The lowest BCUT2D eigenvalue weighted by Crippen LogP contribution is -2.40. The lowest BCUT2D eigenvalue weighted by Gasteiger charge is -2.14. The van der Waals surface area contributed by atoms with Gasteiger partial charge in [-0.2, -0.15) is 0 Å². The highest BCUT2D eigenvalue weighted by atomic mass is 16.5. The third kappa shape index (κ3) is 6.42. The molecule has 19 heavy (non-hydrogen) atoms. The van der Waals surface area contributed by atoms with Gasteiger partial charge in [0, 0.05) is 20.2 Å².